The molecule has 0 bridgehead atoms. The average molecular weight is 477 g/mol. The van der Waals surface area contributed by atoms with Crippen LogP contribution in [0, 0.1) is 6.92 Å². The number of aryl methyl sites for hydroxylation is 1. The molecule has 1 amide bonds. The van der Waals surface area contributed by atoms with E-state index in [0.717, 1.165) is 10.3 Å². The van der Waals surface area contributed by atoms with Crippen molar-refractivity contribution in [2.75, 3.05) is 19.1 Å². The van der Waals surface area contributed by atoms with E-state index in [9.17, 15) is 14.7 Å². The minimum Gasteiger partial charge on any atom is -0.507 e. The van der Waals surface area contributed by atoms with Gasteiger partial charge in [0.05, 0.1) is 36.3 Å². The largest absolute Gasteiger partial charge is 0.507 e. The number of ether oxygens (including phenoxy) is 2. The van der Waals surface area contributed by atoms with Gasteiger partial charge in [0.2, 0.25) is 0 Å². The summed E-state index contributed by atoms with van der Waals surface area (Å²) in [6.45, 7) is 1.83. The molecule has 9 heteroatoms. The zero-order chi connectivity index (χ0) is 24.0. The number of aromatic nitrogens is 1. The molecule has 4 aromatic rings. The quantitative estimate of drug-likeness (QED) is 0.250. The Morgan fingerprint density at radius 2 is 1.94 bits per heavy atom. The maximum atomic E-state index is 13.2. The van der Waals surface area contributed by atoms with Crippen molar-refractivity contribution in [3.05, 3.63) is 77.3 Å². The number of furan rings is 1. The molecule has 0 unspecified atom stereocenters. The minimum atomic E-state index is -0.972. The van der Waals surface area contributed by atoms with Crippen molar-refractivity contribution < 1.29 is 28.6 Å². The van der Waals surface area contributed by atoms with Crippen LogP contribution in [0.15, 0.2) is 64.8 Å². The second kappa shape index (κ2) is 8.35. The van der Waals surface area contributed by atoms with Gasteiger partial charge in [-0.15, -0.1) is 0 Å². The molecule has 0 spiro atoms. The maximum absolute atomic E-state index is 13.2. The number of aliphatic hydroxyl groups is 1. The lowest BCUT2D eigenvalue weighted by Gasteiger charge is -2.20. The highest BCUT2D eigenvalue weighted by atomic mass is 32.1. The molecular formula is C25H20N2O6S. The van der Waals surface area contributed by atoms with Crippen LogP contribution in [0.2, 0.25) is 0 Å². The number of carbonyl (C=O) groups excluding carboxylic acids is 2. The van der Waals surface area contributed by atoms with Crippen LogP contribution >= 0.6 is 11.3 Å². The third-order valence-corrected chi connectivity index (χ3v) is 6.73. The normalized spacial score (nSPS) is 17.5. The summed E-state index contributed by atoms with van der Waals surface area (Å²) in [7, 11) is 3.12. The van der Waals surface area contributed by atoms with E-state index >= 15 is 0 Å². The number of methoxy groups -OCH3 is 2. The Bertz CT molecular complexity index is 1450. The summed E-state index contributed by atoms with van der Waals surface area (Å²) in [5, 5.41) is 11.5. The first-order valence-electron chi connectivity index (χ1n) is 10.4. The number of rotatable bonds is 5. The van der Waals surface area contributed by atoms with E-state index in [-0.39, 0.29) is 11.3 Å². The van der Waals surface area contributed by atoms with Gasteiger partial charge in [-0.3, -0.25) is 14.5 Å². The Morgan fingerprint density at radius 3 is 2.62 bits per heavy atom. The maximum Gasteiger partial charge on any atom is 0.302 e. The van der Waals surface area contributed by atoms with E-state index in [1.807, 2.05) is 13.0 Å². The summed E-state index contributed by atoms with van der Waals surface area (Å²) in [5.74, 6) is -0.270. The lowest BCUT2D eigenvalue weighted by molar-refractivity contribution is -0.132. The van der Waals surface area contributed by atoms with E-state index in [1.165, 1.54) is 22.5 Å². The van der Waals surface area contributed by atoms with E-state index in [0.29, 0.717) is 33.5 Å². The van der Waals surface area contributed by atoms with E-state index in [1.54, 1.807) is 56.7 Å². The number of nitrogens with zero attached hydrogens (tertiary/aromatic N) is 2. The molecule has 1 saturated heterocycles. The molecule has 34 heavy (non-hydrogen) atoms. The second-order valence-corrected chi connectivity index (χ2v) is 8.71. The Morgan fingerprint density at radius 1 is 1.12 bits per heavy atom. The van der Waals surface area contributed by atoms with Crippen LogP contribution in [0.5, 0.6) is 11.5 Å². The van der Waals surface area contributed by atoms with Crippen molar-refractivity contribution in [1.29, 1.82) is 0 Å². The van der Waals surface area contributed by atoms with Crippen LogP contribution in [0.25, 0.3) is 16.0 Å². The minimum absolute atomic E-state index is 0.0682. The van der Waals surface area contributed by atoms with Gasteiger partial charge in [0.15, 0.2) is 5.13 Å². The third kappa shape index (κ3) is 3.41. The summed E-state index contributed by atoms with van der Waals surface area (Å²) < 4.78 is 17.0. The fourth-order valence-electron chi connectivity index (χ4n) is 4.05. The monoisotopic (exact) mass is 476 g/mol. The SMILES string of the molecule is COc1ccc2nc(N3C(=O)C(=O)/C(=C(/O)c4ccc(OC)c(C)c4)[C@H]3c3ccco3)sc2c1. The number of amides is 1. The first kappa shape index (κ1) is 21.7. The zero-order valence-corrected chi connectivity index (χ0v) is 19.4. The fraction of sp³-hybridized carbons (Fsp3) is 0.160. The first-order valence-corrected chi connectivity index (χ1v) is 11.2. The number of Topliss-reactive ketones (excluding diaryl/α,β-unsaturated/α-hetero) is 1. The van der Waals surface area contributed by atoms with Crippen molar-refractivity contribution in [3.8, 4) is 11.5 Å². The number of carbonyl (C=O) groups is 2. The Kier molecular flexibility index (Phi) is 5.33. The number of thiazole rings is 1. The molecule has 1 fully saturated rings. The summed E-state index contributed by atoms with van der Waals surface area (Å²) >= 11 is 1.25. The zero-order valence-electron chi connectivity index (χ0n) is 18.6. The first-order chi connectivity index (χ1) is 16.4. The molecule has 1 N–H and O–H groups in total. The lowest BCUT2D eigenvalue weighted by Crippen LogP contribution is -2.29. The van der Waals surface area contributed by atoms with Gasteiger partial charge in [-0.05, 0) is 61.0 Å². The van der Waals surface area contributed by atoms with E-state index in [2.05, 4.69) is 4.98 Å². The van der Waals surface area contributed by atoms with Gasteiger partial charge in [-0.1, -0.05) is 11.3 Å². The molecule has 8 nitrogen and oxygen atoms in total. The van der Waals surface area contributed by atoms with Crippen molar-refractivity contribution >= 4 is 44.1 Å². The van der Waals surface area contributed by atoms with Crippen molar-refractivity contribution in [3.63, 3.8) is 0 Å². The Hall–Kier alpha value is -4.11. The Labute approximate surface area is 198 Å². The molecule has 172 valence electrons. The number of fused-ring (bicyclic) bond motifs is 1. The molecule has 2 aromatic carbocycles. The van der Waals surface area contributed by atoms with E-state index in [4.69, 9.17) is 13.9 Å². The molecule has 0 radical (unpaired) electrons. The van der Waals surface area contributed by atoms with Gasteiger partial charge < -0.3 is 19.0 Å². The smallest absolute Gasteiger partial charge is 0.302 e. The van der Waals surface area contributed by atoms with Gasteiger partial charge >= 0.3 is 5.91 Å². The average Bonchev–Trinajstić information content (AvgIpc) is 3.56. The molecule has 1 aliphatic heterocycles. The highest BCUT2D eigenvalue weighted by Crippen LogP contribution is 2.44. The third-order valence-electron chi connectivity index (χ3n) is 5.72. The highest BCUT2D eigenvalue weighted by Gasteiger charge is 2.49. The molecule has 1 aliphatic rings. The Balaban J connectivity index is 1.68. The molecular weight excluding hydrogens is 456 g/mol. The summed E-state index contributed by atoms with van der Waals surface area (Å²) in [5.41, 5.74) is 1.75. The predicted molar refractivity (Wildman–Crippen MR) is 127 cm³/mol. The molecule has 3 heterocycles. The summed E-state index contributed by atoms with van der Waals surface area (Å²) in [4.78, 5) is 32.3. The lowest BCUT2D eigenvalue weighted by atomic mass is 9.98. The molecule has 1 atom stereocenters. The van der Waals surface area contributed by atoms with Gasteiger partial charge in [0.25, 0.3) is 5.78 Å². The number of anilines is 1. The predicted octanol–water partition coefficient (Wildman–Crippen LogP) is 4.84. The van der Waals surface area contributed by atoms with Crippen LogP contribution in [0.3, 0.4) is 0 Å². The molecule has 5 rings (SSSR count). The molecule has 0 saturated carbocycles. The molecule has 0 aliphatic carbocycles. The number of benzene rings is 2. The number of hydrogen-bond donors (Lipinski definition) is 1. The second-order valence-electron chi connectivity index (χ2n) is 7.70. The van der Waals surface area contributed by atoms with Crippen LogP contribution in [-0.4, -0.2) is 36.0 Å². The number of ketones is 1. The highest BCUT2D eigenvalue weighted by molar-refractivity contribution is 7.22. The molecule has 2 aromatic heterocycles. The summed E-state index contributed by atoms with van der Waals surface area (Å²) in [6.07, 6.45) is 1.45. The van der Waals surface area contributed by atoms with Gasteiger partial charge in [0.1, 0.15) is 29.1 Å². The van der Waals surface area contributed by atoms with Crippen LogP contribution in [0.1, 0.15) is 22.9 Å². The summed E-state index contributed by atoms with van der Waals surface area (Å²) in [6, 6.07) is 12.8. The van der Waals surface area contributed by atoms with Crippen molar-refractivity contribution in [2.45, 2.75) is 13.0 Å². The van der Waals surface area contributed by atoms with Crippen molar-refractivity contribution in [2.24, 2.45) is 0 Å². The fourth-order valence-corrected chi connectivity index (χ4v) is 5.07. The van der Waals surface area contributed by atoms with Gasteiger partial charge in [-0.25, -0.2) is 4.98 Å². The van der Waals surface area contributed by atoms with Gasteiger partial charge in [0, 0.05) is 5.56 Å². The van der Waals surface area contributed by atoms with E-state index < -0.39 is 17.7 Å². The van der Waals surface area contributed by atoms with Crippen LogP contribution < -0.4 is 14.4 Å². The number of hydrogen-bond acceptors (Lipinski definition) is 8. The standard InChI is InChI=1S/C25H20N2O6S/c1-13-11-14(6-9-17(13)32-3)22(28)20-21(18-5-4-10-33-18)27(24(30)23(20)29)25-26-16-8-7-15(31-2)12-19(16)34-25/h4-12,21,28H,1-3H3/b22-20+/t21-/m1/s1. The van der Waals surface area contributed by atoms with Crippen molar-refractivity contribution in [1.82, 2.24) is 4.98 Å². The van der Waals surface area contributed by atoms with Crippen LogP contribution in [0.4, 0.5) is 5.13 Å². The number of aliphatic hydroxyl groups excluding tert-OH is 1. The van der Waals surface area contributed by atoms with Crippen LogP contribution in [-0.2, 0) is 9.59 Å². The topological polar surface area (TPSA) is 102 Å². The van der Waals surface area contributed by atoms with Gasteiger partial charge in [-0.2, -0.15) is 0 Å².